The van der Waals surface area contributed by atoms with E-state index in [9.17, 15) is 4.79 Å². The third-order valence-electron chi connectivity index (χ3n) is 1.99. The molecule has 1 amide bonds. The van der Waals surface area contributed by atoms with Crippen LogP contribution in [0.4, 0.5) is 0 Å². The van der Waals surface area contributed by atoms with E-state index in [1.54, 1.807) is 0 Å². The fourth-order valence-corrected chi connectivity index (χ4v) is 1.28. The number of carbonyl (C=O) groups is 1. The average molecular weight is 228 g/mol. The van der Waals surface area contributed by atoms with Gasteiger partial charge in [0, 0.05) is 17.9 Å². The quantitative estimate of drug-likeness (QED) is 0.803. The van der Waals surface area contributed by atoms with Crippen LogP contribution >= 0.6 is 11.6 Å². The molecule has 1 aromatic rings. The van der Waals surface area contributed by atoms with Crippen molar-refractivity contribution < 1.29 is 9.63 Å². The molecular formula is C11H14ClNO2. The highest BCUT2D eigenvalue weighted by molar-refractivity contribution is 6.30. The van der Waals surface area contributed by atoms with E-state index in [-0.39, 0.29) is 11.8 Å². The van der Waals surface area contributed by atoms with Crippen LogP contribution in [0.5, 0.6) is 0 Å². The summed E-state index contributed by atoms with van der Waals surface area (Å²) >= 11 is 5.77. The zero-order valence-corrected chi connectivity index (χ0v) is 9.54. The van der Waals surface area contributed by atoms with Gasteiger partial charge in [0.1, 0.15) is 0 Å². The van der Waals surface area contributed by atoms with E-state index in [4.69, 9.17) is 16.4 Å². The normalized spacial score (nSPS) is 12.2. The van der Waals surface area contributed by atoms with Crippen LogP contribution in [0.3, 0.4) is 0 Å². The number of carbonyl (C=O) groups excluding carboxylic acids is 1. The molecule has 1 N–H and O–H groups in total. The van der Waals surface area contributed by atoms with E-state index in [1.165, 1.54) is 6.92 Å². The average Bonchev–Trinajstić information content (AvgIpc) is 2.18. The molecule has 82 valence electrons. The van der Waals surface area contributed by atoms with E-state index in [0.717, 1.165) is 5.56 Å². The lowest BCUT2D eigenvalue weighted by atomic mass is 10.0. The smallest absolute Gasteiger partial charge is 0.240 e. The molecule has 0 saturated heterocycles. The Labute approximate surface area is 94.3 Å². The molecule has 0 radical (unpaired) electrons. The summed E-state index contributed by atoms with van der Waals surface area (Å²) in [6, 6.07) is 7.58. The maximum atomic E-state index is 10.6. The highest BCUT2D eigenvalue weighted by Gasteiger charge is 2.05. The lowest BCUT2D eigenvalue weighted by Crippen LogP contribution is -2.22. The molecule has 0 aromatic heterocycles. The summed E-state index contributed by atoms with van der Waals surface area (Å²) in [5, 5.41) is 0.716. The number of hydroxylamine groups is 1. The number of hydrogen-bond donors (Lipinski definition) is 1. The molecule has 0 aliphatic heterocycles. The minimum absolute atomic E-state index is 0.196. The molecule has 0 spiro atoms. The predicted octanol–water partition coefficient (Wildman–Crippen LogP) is 2.51. The summed E-state index contributed by atoms with van der Waals surface area (Å²) < 4.78 is 0. The Morgan fingerprint density at radius 1 is 1.47 bits per heavy atom. The lowest BCUT2D eigenvalue weighted by Gasteiger charge is -2.11. The van der Waals surface area contributed by atoms with Gasteiger partial charge >= 0.3 is 0 Å². The maximum Gasteiger partial charge on any atom is 0.240 e. The van der Waals surface area contributed by atoms with Gasteiger partial charge in [0.2, 0.25) is 5.91 Å². The standard InChI is InChI=1S/C11H14ClNO2/c1-8(7-15-13-9(2)14)10-3-5-11(12)6-4-10/h3-6,8H,7H2,1-2H3,(H,13,14)/t8-/m1/s1. The van der Waals surface area contributed by atoms with E-state index in [0.29, 0.717) is 11.6 Å². The molecule has 0 unspecified atom stereocenters. The number of rotatable bonds is 4. The number of halogens is 1. The number of hydrogen-bond acceptors (Lipinski definition) is 2. The summed E-state index contributed by atoms with van der Waals surface area (Å²) in [6.07, 6.45) is 0. The van der Waals surface area contributed by atoms with Crippen molar-refractivity contribution in [3.05, 3.63) is 34.9 Å². The van der Waals surface area contributed by atoms with Gasteiger partial charge in [-0.15, -0.1) is 0 Å². The third kappa shape index (κ3) is 4.32. The summed E-state index contributed by atoms with van der Waals surface area (Å²) in [4.78, 5) is 15.6. The van der Waals surface area contributed by atoms with Gasteiger partial charge in [0.15, 0.2) is 0 Å². The van der Waals surface area contributed by atoms with Gasteiger partial charge in [-0.2, -0.15) is 0 Å². The summed E-state index contributed by atoms with van der Waals surface area (Å²) in [6.45, 7) is 3.87. The number of nitrogens with one attached hydrogen (secondary N) is 1. The topological polar surface area (TPSA) is 38.3 Å². The van der Waals surface area contributed by atoms with Crippen molar-refractivity contribution in [1.82, 2.24) is 5.48 Å². The van der Waals surface area contributed by atoms with Gasteiger partial charge in [0.05, 0.1) is 6.61 Å². The van der Waals surface area contributed by atoms with Crippen molar-refractivity contribution in [2.24, 2.45) is 0 Å². The van der Waals surface area contributed by atoms with Gasteiger partial charge in [-0.1, -0.05) is 30.7 Å². The van der Waals surface area contributed by atoms with E-state index in [1.807, 2.05) is 31.2 Å². The van der Waals surface area contributed by atoms with Crippen LogP contribution in [0.1, 0.15) is 25.3 Å². The summed E-state index contributed by atoms with van der Waals surface area (Å²) in [5.74, 6) is 0.0208. The second kappa shape index (κ2) is 5.73. The molecular weight excluding hydrogens is 214 g/mol. The first-order valence-corrected chi connectivity index (χ1v) is 5.11. The fraction of sp³-hybridized carbons (Fsp3) is 0.364. The van der Waals surface area contributed by atoms with Crippen molar-refractivity contribution in [3.8, 4) is 0 Å². The van der Waals surface area contributed by atoms with Crippen LogP contribution in [0.15, 0.2) is 24.3 Å². The van der Waals surface area contributed by atoms with Crippen LogP contribution in [0.2, 0.25) is 5.02 Å². The van der Waals surface area contributed by atoms with Crippen molar-refractivity contribution in [3.63, 3.8) is 0 Å². The molecule has 3 nitrogen and oxygen atoms in total. The lowest BCUT2D eigenvalue weighted by molar-refractivity contribution is -0.131. The van der Waals surface area contributed by atoms with Crippen molar-refractivity contribution in [2.45, 2.75) is 19.8 Å². The molecule has 1 aromatic carbocycles. The van der Waals surface area contributed by atoms with Crippen LogP contribution in [-0.4, -0.2) is 12.5 Å². The number of amides is 1. The van der Waals surface area contributed by atoms with Crippen molar-refractivity contribution >= 4 is 17.5 Å². The minimum Gasteiger partial charge on any atom is -0.273 e. The summed E-state index contributed by atoms with van der Waals surface area (Å²) in [5.41, 5.74) is 3.42. The molecule has 1 rings (SSSR count). The Bertz CT molecular complexity index is 324. The van der Waals surface area contributed by atoms with E-state index < -0.39 is 0 Å². The molecule has 0 aliphatic rings. The van der Waals surface area contributed by atoms with Crippen molar-refractivity contribution in [1.29, 1.82) is 0 Å². The molecule has 0 heterocycles. The minimum atomic E-state index is -0.196. The predicted molar refractivity (Wildman–Crippen MR) is 59.6 cm³/mol. The molecule has 1 atom stereocenters. The van der Waals surface area contributed by atoms with Gasteiger partial charge < -0.3 is 0 Å². The van der Waals surface area contributed by atoms with E-state index in [2.05, 4.69) is 5.48 Å². The second-order valence-electron chi connectivity index (χ2n) is 3.42. The SMILES string of the molecule is CC(=O)NOC[C@@H](C)c1ccc(Cl)cc1. The fourth-order valence-electron chi connectivity index (χ4n) is 1.16. The Kier molecular flexibility index (Phi) is 4.59. The molecule has 4 heteroatoms. The molecule has 0 bridgehead atoms. The monoisotopic (exact) mass is 227 g/mol. The van der Waals surface area contributed by atoms with Crippen LogP contribution in [-0.2, 0) is 9.63 Å². The van der Waals surface area contributed by atoms with Crippen LogP contribution < -0.4 is 5.48 Å². The Balaban J connectivity index is 2.43. The maximum absolute atomic E-state index is 10.6. The molecule has 15 heavy (non-hydrogen) atoms. The molecule has 0 fully saturated rings. The zero-order chi connectivity index (χ0) is 11.3. The Hall–Kier alpha value is -1.06. The second-order valence-corrected chi connectivity index (χ2v) is 3.86. The van der Waals surface area contributed by atoms with E-state index >= 15 is 0 Å². The van der Waals surface area contributed by atoms with Crippen molar-refractivity contribution in [2.75, 3.05) is 6.61 Å². The highest BCUT2D eigenvalue weighted by atomic mass is 35.5. The van der Waals surface area contributed by atoms with Gasteiger partial charge in [-0.05, 0) is 17.7 Å². The Morgan fingerprint density at radius 2 is 2.07 bits per heavy atom. The van der Waals surface area contributed by atoms with Crippen LogP contribution in [0, 0.1) is 0 Å². The first kappa shape index (κ1) is 12.0. The molecule has 0 aliphatic carbocycles. The highest BCUT2D eigenvalue weighted by Crippen LogP contribution is 2.17. The first-order chi connectivity index (χ1) is 7.09. The molecule has 0 saturated carbocycles. The number of benzene rings is 1. The van der Waals surface area contributed by atoms with Gasteiger partial charge in [0.25, 0.3) is 0 Å². The largest absolute Gasteiger partial charge is 0.273 e. The first-order valence-electron chi connectivity index (χ1n) is 4.73. The third-order valence-corrected chi connectivity index (χ3v) is 2.24. The van der Waals surface area contributed by atoms with Gasteiger partial charge in [-0.25, -0.2) is 5.48 Å². The van der Waals surface area contributed by atoms with Crippen LogP contribution in [0.25, 0.3) is 0 Å². The summed E-state index contributed by atoms with van der Waals surface area (Å²) in [7, 11) is 0. The zero-order valence-electron chi connectivity index (χ0n) is 8.79. The van der Waals surface area contributed by atoms with Gasteiger partial charge in [-0.3, -0.25) is 9.63 Å². The Morgan fingerprint density at radius 3 is 2.60 bits per heavy atom.